The van der Waals surface area contributed by atoms with E-state index in [-0.39, 0.29) is 5.91 Å². The number of carbonyl (C=O) groups is 1. The Labute approximate surface area is 194 Å². The van der Waals surface area contributed by atoms with E-state index < -0.39 is 0 Å². The fraction of sp³-hybridized carbons (Fsp3) is 0.240. The van der Waals surface area contributed by atoms with E-state index in [2.05, 4.69) is 43.2 Å². The van der Waals surface area contributed by atoms with Crippen LogP contribution in [0.3, 0.4) is 0 Å². The number of hydrogen-bond donors (Lipinski definition) is 2. The molecule has 7 nitrogen and oxygen atoms in total. The maximum Gasteiger partial charge on any atom is 0.249 e. The van der Waals surface area contributed by atoms with Crippen LogP contribution < -0.4 is 20.7 Å². The van der Waals surface area contributed by atoms with Crippen LogP contribution in [0.5, 0.6) is 5.75 Å². The summed E-state index contributed by atoms with van der Waals surface area (Å²) in [6.07, 6.45) is 7.30. The monoisotopic (exact) mass is 457 g/mol. The number of nitrogens with zero attached hydrogens (tertiary/aromatic N) is 3. The van der Waals surface area contributed by atoms with E-state index in [0.717, 1.165) is 51.1 Å². The predicted octanol–water partition coefficient (Wildman–Crippen LogP) is 2.51. The van der Waals surface area contributed by atoms with Crippen molar-refractivity contribution in [1.29, 1.82) is 0 Å². The third-order valence-corrected chi connectivity index (χ3v) is 6.99. The van der Waals surface area contributed by atoms with Gasteiger partial charge in [0.15, 0.2) is 0 Å². The zero-order valence-electron chi connectivity index (χ0n) is 18.3. The van der Waals surface area contributed by atoms with Gasteiger partial charge in [-0.25, -0.2) is 4.99 Å². The van der Waals surface area contributed by atoms with Crippen LogP contribution in [-0.2, 0) is 24.3 Å². The number of benzene rings is 1. The molecule has 1 amide bonds. The highest BCUT2D eigenvalue weighted by Gasteiger charge is 2.34. The largest absolute Gasteiger partial charge is 0.493 e. The topological polar surface area (TPSA) is 78.8 Å². The van der Waals surface area contributed by atoms with Gasteiger partial charge in [0.2, 0.25) is 11.9 Å². The van der Waals surface area contributed by atoms with Crippen LogP contribution >= 0.6 is 9.24 Å². The second-order valence-corrected chi connectivity index (χ2v) is 9.20. The van der Waals surface area contributed by atoms with Crippen LogP contribution in [0.1, 0.15) is 35.7 Å². The lowest BCUT2D eigenvalue weighted by Gasteiger charge is -2.37. The third-order valence-electron chi connectivity index (χ3n) is 6.45. The molecule has 33 heavy (non-hydrogen) atoms. The second-order valence-electron chi connectivity index (χ2n) is 8.58. The molecule has 0 aliphatic carbocycles. The van der Waals surface area contributed by atoms with Crippen molar-refractivity contribution in [1.82, 2.24) is 20.5 Å². The molecule has 0 bridgehead atoms. The number of pyridine rings is 1. The Morgan fingerprint density at radius 2 is 2.21 bits per heavy atom. The molecule has 0 fully saturated rings. The summed E-state index contributed by atoms with van der Waals surface area (Å²) in [5.74, 6) is 1.59. The molecule has 5 heterocycles. The van der Waals surface area contributed by atoms with Gasteiger partial charge in [-0.3, -0.25) is 14.7 Å². The highest BCUT2D eigenvalue weighted by molar-refractivity contribution is 7.27. The quantitative estimate of drug-likeness (QED) is 0.678. The number of aliphatic imine (C=N–C) groups is 1. The molecular weight excluding hydrogens is 433 g/mol. The number of nitrogens with one attached hydrogen (secondary N) is 2. The Morgan fingerprint density at radius 1 is 1.30 bits per heavy atom. The molecule has 8 heteroatoms. The molecule has 2 N–H and O–H groups in total. The van der Waals surface area contributed by atoms with Gasteiger partial charge in [-0.05, 0) is 29.9 Å². The van der Waals surface area contributed by atoms with Crippen molar-refractivity contribution in [3.05, 3.63) is 82.1 Å². The molecule has 6 rings (SSSR count). The molecule has 1 unspecified atom stereocenters. The van der Waals surface area contributed by atoms with Gasteiger partial charge in [-0.1, -0.05) is 17.7 Å². The standard InChI is InChI=1S/C25H24N5O2P/c1-14-9-17-23-19(15-3-2-7-26-20(15)12-27-24(17)31)11-29-25(30(23)13-14)28-10-18-16-6-8-32-21(16)4-5-22(18)33/h2-5,7,11,13H,6,8-10,12,33H2,1H3,(H,27,31)(H,28,29). The van der Waals surface area contributed by atoms with E-state index >= 15 is 0 Å². The van der Waals surface area contributed by atoms with Crippen molar-refractivity contribution in [2.24, 2.45) is 4.99 Å². The zero-order chi connectivity index (χ0) is 22.5. The third kappa shape index (κ3) is 3.35. The Bertz CT molecular complexity index is 1320. The van der Waals surface area contributed by atoms with E-state index in [9.17, 15) is 4.79 Å². The molecule has 1 atom stereocenters. The van der Waals surface area contributed by atoms with Crippen molar-refractivity contribution in [2.75, 3.05) is 6.61 Å². The first-order valence-corrected chi connectivity index (χ1v) is 11.6. The molecule has 1 aromatic carbocycles. The number of allylic oxidation sites excluding steroid dienone is 2. The van der Waals surface area contributed by atoms with Gasteiger partial charge in [0.25, 0.3) is 0 Å². The summed E-state index contributed by atoms with van der Waals surface area (Å²) in [4.78, 5) is 24.6. The van der Waals surface area contributed by atoms with Crippen LogP contribution in [0, 0.1) is 0 Å². The van der Waals surface area contributed by atoms with E-state index in [4.69, 9.17) is 9.73 Å². The van der Waals surface area contributed by atoms with Gasteiger partial charge < -0.3 is 15.4 Å². The maximum atomic E-state index is 13.1. The van der Waals surface area contributed by atoms with E-state index in [1.165, 1.54) is 11.1 Å². The Hall–Kier alpha value is -3.44. The van der Waals surface area contributed by atoms with E-state index in [1.807, 2.05) is 30.2 Å². The van der Waals surface area contributed by atoms with Gasteiger partial charge >= 0.3 is 0 Å². The molecule has 166 valence electrons. The molecule has 1 aromatic heterocycles. The van der Waals surface area contributed by atoms with Gasteiger partial charge in [0.05, 0.1) is 31.1 Å². The number of aromatic nitrogens is 1. The minimum absolute atomic E-state index is 0.0591. The van der Waals surface area contributed by atoms with Crippen molar-refractivity contribution < 1.29 is 9.53 Å². The van der Waals surface area contributed by atoms with Crippen LogP contribution in [0.25, 0.3) is 5.57 Å². The number of ether oxygens (including phenoxy) is 1. The van der Waals surface area contributed by atoms with Crippen LogP contribution in [0.15, 0.2) is 64.7 Å². The van der Waals surface area contributed by atoms with Crippen molar-refractivity contribution >= 4 is 32.0 Å². The zero-order valence-corrected chi connectivity index (χ0v) is 19.5. The van der Waals surface area contributed by atoms with Gasteiger partial charge in [0, 0.05) is 53.7 Å². The first-order chi connectivity index (χ1) is 16.1. The summed E-state index contributed by atoms with van der Waals surface area (Å²) in [5, 5.41) is 7.56. The lowest BCUT2D eigenvalue weighted by atomic mass is 9.89. The van der Waals surface area contributed by atoms with E-state index in [0.29, 0.717) is 32.1 Å². The number of fused-ring (bicyclic) bond motifs is 3. The summed E-state index contributed by atoms with van der Waals surface area (Å²) in [6, 6.07) is 8.07. The van der Waals surface area contributed by atoms with Crippen LogP contribution in [-0.4, -0.2) is 28.4 Å². The maximum absolute atomic E-state index is 13.1. The molecule has 0 saturated carbocycles. The highest BCUT2D eigenvalue weighted by atomic mass is 31.0. The smallest absolute Gasteiger partial charge is 0.249 e. The number of amides is 1. The fourth-order valence-corrected chi connectivity index (χ4v) is 5.25. The Balaban J connectivity index is 1.46. The molecule has 4 aliphatic rings. The van der Waals surface area contributed by atoms with Crippen LogP contribution in [0.2, 0.25) is 0 Å². The summed E-state index contributed by atoms with van der Waals surface area (Å²) in [7, 11) is 2.82. The fourth-order valence-electron chi connectivity index (χ4n) is 4.88. The van der Waals surface area contributed by atoms with Gasteiger partial charge in [-0.15, -0.1) is 9.24 Å². The average Bonchev–Trinajstić information content (AvgIpc) is 3.30. The van der Waals surface area contributed by atoms with E-state index in [1.54, 1.807) is 6.20 Å². The minimum atomic E-state index is -0.0591. The Morgan fingerprint density at radius 3 is 3.12 bits per heavy atom. The number of guanidine groups is 1. The lowest BCUT2D eigenvalue weighted by Crippen LogP contribution is -2.44. The molecule has 2 aromatic rings. The van der Waals surface area contributed by atoms with Gasteiger partial charge in [0.1, 0.15) is 5.75 Å². The second kappa shape index (κ2) is 7.85. The lowest BCUT2D eigenvalue weighted by molar-refractivity contribution is -0.117. The van der Waals surface area contributed by atoms with Crippen LogP contribution in [0.4, 0.5) is 0 Å². The number of rotatable bonds is 2. The first-order valence-electron chi connectivity index (χ1n) is 11.1. The molecular formula is C25H24N5O2P. The Kier molecular flexibility index (Phi) is 4.80. The summed E-state index contributed by atoms with van der Waals surface area (Å²) >= 11 is 0. The first kappa shape index (κ1) is 20.2. The molecule has 0 saturated heterocycles. The highest BCUT2D eigenvalue weighted by Crippen LogP contribution is 2.39. The van der Waals surface area contributed by atoms with Crippen molar-refractivity contribution in [3.63, 3.8) is 0 Å². The number of carbonyl (C=O) groups excluding carboxylic acids is 1. The predicted molar refractivity (Wildman–Crippen MR) is 131 cm³/mol. The normalized spacial score (nSPS) is 19.9. The van der Waals surface area contributed by atoms with Crippen molar-refractivity contribution in [2.45, 2.75) is 32.9 Å². The van der Waals surface area contributed by atoms with Gasteiger partial charge in [-0.2, -0.15) is 0 Å². The average molecular weight is 457 g/mol. The SMILES string of the molecule is CC1=CN2C(=NCc3c(P)ccc4c3CCO4)NC=C3C2=C(C1)C(=O)NCc1ncccc13. The summed E-state index contributed by atoms with van der Waals surface area (Å²) in [5.41, 5.74) is 7.97. The minimum Gasteiger partial charge on any atom is -0.493 e. The summed E-state index contributed by atoms with van der Waals surface area (Å²) < 4.78 is 5.75. The molecule has 0 radical (unpaired) electrons. The summed E-state index contributed by atoms with van der Waals surface area (Å²) in [6.45, 7) is 3.69. The number of hydrogen-bond acceptors (Lipinski definition) is 4. The molecule has 0 spiro atoms. The molecule has 4 aliphatic heterocycles. The van der Waals surface area contributed by atoms with Crippen molar-refractivity contribution in [3.8, 4) is 5.75 Å².